The average Bonchev–Trinajstić information content (AvgIpc) is 3.09. The molecule has 2 heterocycles. The second-order valence-electron chi connectivity index (χ2n) is 5.98. The van der Waals surface area contributed by atoms with E-state index in [1.807, 2.05) is 24.7 Å². The van der Waals surface area contributed by atoms with E-state index in [1.54, 1.807) is 11.3 Å². The van der Waals surface area contributed by atoms with Gasteiger partial charge in [-0.1, -0.05) is 42.8 Å². The van der Waals surface area contributed by atoms with Gasteiger partial charge >= 0.3 is 0 Å². The summed E-state index contributed by atoms with van der Waals surface area (Å²) in [7, 11) is 0. The molecule has 24 heavy (non-hydrogen) atoms. The summed E-state index contributed by atoms with van der Waals surface area (Å²) < 4.78 is 0. The highest BCUT2D eigenvalue weighted by Crippen LogP contribution is 2.20. The van der Waals surface area contributed by atoms with Crippen molar-refractivity contribution in [2.45, 2.75) is 39.3 Å². The monoisotopic (exact) mass is 337 g/mol. The number of rotatable bonds is 7. The molecule has 0 saturated carbocycles. The fourth-order valence-corrected chi connectivity index (χ4v) is 3.48. The van der Waals surface area contributed by atoms with Crippen molar-refractivity contribution in [3.05, 3.63) is 81.6 Å². The Balaban J connectivity index is 1.73. The van der Waals surface area contributed by atoms with Gasteiger partial charge in [-0.15, -0.1) is 11.3 Å². The molecule has 0 fully saturated rings. The molecular formula is C20H23N3S. The Morgan fingerprint density at radius 1 is 1.12 bits per heavy atom. The Labute approximate surface area is 147 Å². The number of hydrogen-bond acceptors (Lipinski definition) is 4. The summed E-state index contributed by atoms with van der Waals surface area (Å²) >= 11 is 1.79. The van der Waals surface area contributed by atoms with Crippen LogP contribution >= 0.6 is 11.3 Å². The lowest BCUT2D eigenvalue weighted by atomic mass is 9.99. The van der Waals surface area contributed by atoms with Crippen LogP contribution in [-0.4, -0.2) is 9.97 Å². The van der Waals surface area contributed by atoms with E-state index in [1.165, 1.54) is 26.6 Å². The maximum absolute atomic E-state index is 4.45. The van der Waals surface area contributed by atoms with Crippen molar-refractivity contribution < 1.29 is 0 Å². The molecule has 0 amide bonds. The highest BCUT2D eigenvalue weighted by Gasteiger charge is 2.13. The first-order chi connectivity index (χ1) is 11.7. The Morgan fingerprint density at radius 3 is 2.62 bits per heavy atom. The van der Waals surface area contributed by atoms with E-state index in [4.69, 9.17) is 0 Å². The summed E-state index contributed by atoms with van der Waals surface area (Å²) in [5, 5.41) is 4.88. The van der Waals surface area contributed by atoms with Crippen molar-refractivity contribution in [3.8, 4) is 0 Å². The lowest BCUT2D eigenvalue weighted by Gasteiger charge is -2.19. The minimum absolute atomic E-state index is 0.244. The fourth-order valence-electron chi connectivity index (χ4n) is 2.67. The number of benzene rings is 1. The molecule has 0 saturated heterocycles. The summed E-state index contributed by atoms with van der Waals surface area (Å²) in [4.78, 5) is 10.0. The molecule has 0 unspecified atom stereocenters. The molecule has 3 nitrogen and oxygen atoms in total. The molecule has 3 rings (SSSR count). The van der Waals surface area contributed by atoms with E-state index < -0.39 is 0 Å². The number of hydrogen-bond donors (Lipinski definition) is 1. The van der Waals surface area contributed by atoms with Gasteiger partial charge in [-0.25, -0.2) is 4.98 Å². The molecule has 0 spiro atoms. The molecule has 0 radical (unpaired) electrons. The van der Waals surface area contributed by atoms with Crippen molar-refractivity contribution >= 4 is 11.3 Å². The first kappa shape index (κ1) is 16.8. The Kier molecular flexibility index (Phi) is 5.72. The zero-order valence-electron chi connectivity index (χ0n) is 14.2. The van der Waals surface area contributed by atoms with Gasteiger partial charge in [-0.2, -0.15) is 0 Å². The van der Waals surface area contributed by atoms with Gasteiger partial charge in [0.05, 0.1) is 5.01 Å². The largest absolute Gasteiger partial charge is 0.305 e. The molecule has 0 aliphatic carbocycles. The zero-order chi connectivity index (χ0) is 16.8. The van der Waals surface area contributed by atoms with Gasteiger partial charge in [0.25, 0.3) is 0 Å². The molecule has 124 valence electrons. The third kappa shape index (κ3) is 4.49. The first-order valence-corrected chi connectivity index (χ1v) is 9.18. The zero-order valence-corrected chi connectivity index (χ0v) is 15.0. The maximum Gasteiger partial charge on any atom is 0.0925 e. The van der Waals surface area contributed by atoms with E-state index in [-0.39, 0.29) is 6.04 Å². The molecule has 1 atom stereocenters. The van der Waals surface area contributed by atoms with Crippen molar-refractivity contribution in [1.82, 2.24) is 15.3 Å². The van der Waals surface area contributed by atoms with Crippen LogP contribution in [0.25, 0.3) is 0 Å². The molecule has 2 aromatic heterocycles. The summed E-state index contributed by atoms with van der Waals surface area (Å²) in [6.45, 7) is 5.10. The summed E-state index contributed by atoms with van der Waals surface area (Å²) in [5.74, 6) is 0. The van der Waals surface area contributed by atoms with Gasteiger partial charge in [0.2, 0.25) is 0 Å². The second kappa shape index (κ2) is 8.18. The SMILES string of the molecule is CCc1ncc(CN[C@@H](Cc2ccc(C)cc2)c2cccnc2)s1. The number of nitrogens with zero attached hydrogens (tertiary/aromatic N) is 2. The Bertz CT molecular complexity index is 750. The highest BCUT2D eigenvalue weighted by molar-refractivity contribution is 7.11. The maximum atomic E-state index is 4.45. The van der Waals surface area contributed by atoms with E-state index >= 15 is 0 Å². The topological polar surface area (TPSA) is 37.8 Å². The minimum atomic E-state index is 0.244. The molecule has 0 bridgehead atoms. The Morgan fingerprint density at radius 2 is 1.96 bits per heavy atom. The van der Waals surface area contributed by atoms with Crippen LogP contribution < -0.4 is 5.32 Å². The minimum Gasteiger partial charge on any atom is -0.305 e. The van der Waals surface area contributed by atoms with Crippen molar-refractivity contribution in [2.24, 2.45) is 0 Å². The van der Waals surface area contributed by atoms with Crippen LogP contribution in [0.2, 0.25) is 0 Å². The van der Waals surface area contributed by atoms with Gasteiger partial charge in [0, 0.05) is 36.1 Å². The van der Waals surface area contributed by atoms with Crippen molar-refractivity contribution in [3.63, 3.8) is 0 Å². The van der Waals surface area contributed by atoms with Gasteiger partial charge in [0.1, 0.15) is 0 Å². The third-order valence-corrected chi connectivity index (χ3v) is 5.22. The van der Waals surface area contributed by atoms with Gasteiger partial charge in [0.15, 0.2) is 0 Å². The lowest BCUT2D eigenvalue weighted by molar-refractivity contribution is 0.532. The molecule has 1 N–H and O–H groups in total. The molecule has 1 aromatic carbocycles. The smallest absolute Gasteiger partial charge is 0.0925 e. The second-order valence-corrected chi connectivity index (χ2v) is 7.18. The first-order valence-electron chi connectivity index (χ1n) is 8.37. The average molecular weight is 337 g/mol. The Hall–Kier alpha value is -2.04. The van der Waals surface area contributed by atoms with Gasteiger partial charge < -0.3 is 5.32 Å². The van der Waals surface area contributed by atoms with E-state index in [9.17, 15) is 0 Å². The summed E-state index contributed by atoms with van der Waals surface area (Å²) in [5.41, 5.74) is 3.85. The predicted molar refractivity (Wildman–Crippen MR) is 100 cm³/mol. The molecule has 4 heteroatoms. The number of pyridine rings is 1. The van der Waals surface area contributed by atoms with Crippen LogP contribution in [0.1, 0.15) is 39.5 Å². The number of nitrogens with one attached hydrogen (secondary N) is 1. The fraction of sp³-hybridized carbons (Fsp3) is 0.300. The van der Waals surface area contributed by atoms with Crippen LogP contribution in [-0.2, 0) is 19.4 Å². The van der Waals surface area contributed by atoms with Crippen LogP contribution in [0, 0.1) is 6.92 Å². The molecule has 3 aromatic rings. The molecule has 0 aliphatic rings. The van der Waals surface area contributed by atoms with Gasteiger partial charge in [-0.05, 0) is 37.0 Å². The summed E-state index contributed by atoms with van der Waals surface area (Å²) in [6.07, 6.45) is 7.72. The summed E-state index contributed by atoms with van der Waals surface area (Å²) in [6, 6.07) is 13.2. The van der Waals surface area contributed by atoms with Crippen LogP contribution in [0.4, 0.5) is 0 Å². The molecule has 0 aliphatic heterocycles. The van der Waals surface area contributed by atoms with E-state index in [2.05, 4.69) is 59.5 Å². The third-order valence-electron chi connectivity index (χ3n) is 4.07. The predicted octanol–water partition coefficient (Wildman–Crippen LogP) is 4.48. The number of aromatic nitrogens is 2. The molecular weight excluding hydrogens is 314 g/mol. The quantitative estimate of drug-likeness (QED) is 0.690. The standard InChI is InChI=1S/C20H23N3S/c1-3-20-23-14-18(24-20)13-22-19(17-5-4-10-21-12-17)11-16-8-6-15(2)7-9-16/h4-10,12,14,19,22H,3,11,13H2,1-2H3/t19-/m0/s1. The number of aryl methyl sites for hydroxylation is 2. The van der Waals surface area contributed by atoms with E-state index in [0.717, 1.165) is 19.4 Å². The van der Waals surface area contributed by atoms with Crippen LogP contribution in [0.3, 0.4) is 0 Å². The highest BCUT2D eigenvalue weighted by atomic mass is 32.1. The van der Waals surface area contributed by atoms with E-state index in [0.29, 0.717) is 0 Å². The van der Waals surface area contributed by atoms with Crippen LogP contribution in [0.15, 0.2) is 55.0 Å². The lowest BCUT2D eigenvalue weighted by Crippen LogP contribution is -2.22. The van der Waals surface area contributed by atoms with Crippen molar-refractivity contribution in [1.29, 1.82) is 0 Å². The van der Waals surface area contributed by atoms with Crippen molar-refractivity contribution in [2.75, 3.05) is 0 Å². The van der Waals surface area contributed by atoms with Gasteiger partial charge in [-0.3, -0.25) is 4.98 Å². The normalized spacial score (nSPS) is 12.2. The van der Waals surface area contributed by atoms with Crippen LogP contribution in [0.5, 0.6) is 0 Å². The number of thiazole rings is 1.